The molecule has 0 unspecified atom stereocenters. The molecule has 1 saturated heterocycles. The minimum Gasteiger partial charge on any atom is -0.321 e. The lowest BCUT2D eigenvalue weighted by molar-refractivity contribution is -0.117. The molecule has 5 nitrogen and oxygen atoms in total. The van der Waals surface area contributed by atoms with Crippen LogP contribution in [-0.2, 0) is 16.0 Å². The molecule has 1 fully saturated rings. The molecule has 2 amide bonds. The summed E-state index contributed by atoms with van der Waals surface area (Å²) in [5.41, 5.74) is 4.33. The molecule has 0 aliphatic carbocycles. The fourth-order valence-corrected chi connectivity index (χ4v) is 4.96. The summed E-state index contributed by atoms with van der Waals surface area (Å²) in [4.78, 5) is 28.0. The van der Waals surface area contributed by atoms with Crippen LogP contribution in [0.5, 0.6) is 0 Å². The maximum Gasteiger partial charge on any atom is 0.269 e. The zero-order chi connectivity index (χ0) is 23.4. The summed E-state index contributed by atoms with van der Waals surface area (Å²) in [6.07, 6.45) is 0.509. The van der Waals surface area contributed by atoms with Gasteiger partial charge in [-0.3, -0.25) is 14.5 Å². The van der Waals surface area contributed by atoms with E-state index in [0.29, 0.717) is 22.8 Å². The van der Waals surface area contributed by atoms with Gasteiger partial charge >= 0.3 is 0 Å². The van der Waals surface area contributed by atoms with Crippen LogP contribution >= 0.6 is 11.8 Å². The number of nitrogens with one attached hydrogen (secondary N) is 1. The number of para-hydroxylation sites is 1. The topological polar surface area (TPSA) is 73.2 Å². The molecule has 0 spiro atoms. The van der Waals surface area contributed by atoms with E-state index in [9.17, 15) is 14.9 Å². The monoisotopic (exact) mass is 453 g/mol. The van der Waals surface area contributed by atoms with E-state index in [-0.39, 0.29) is 11.5 Å². The molecule has 164 valence electrons. The number of carbonyl (C=O) groups excluding carboxylic acids is 2. The van der Waals surface area contributed by atoms with Gasteiger partial charge in [-0.1, -0.05) is 71.9 Å². The van der Waals surface area contributed by atoms with Crippen LogP contribution in [0.1, 0.15) is 16.7 Å². The molecule has 0 radical (unpaired) electrons. The molecule has 1 heterocycles. The number of nitriles is 1. The first-order valence-corrected chi connectivity index (χ1v) is 11.5. The molecule has 1 N–H and O–H groups in total. The van der Waals surface area contributed by atoms with Crippen LogP contribution in [0, 0.1) is 25.2 Å². The summed E-state index contributed by atoms with van der Waals surface area (Å²) in [5.74, 6) is -0.673. The predicted molar refractivity (Wildman–Crippen MR) is 133 cm³/mol. The SMILES string of the molecule is Cc1ccc(C[C@H]2S/C(=C(/C#N)C(=O)Nc3cccc(C)c3)N(c3ccccc3)C2=O)cc1. The lowest BCUT2D eigenvalue weighted by Crippen LogP contribution is -2.30. The highest BCUT2D eigenvalue weighted by Crippen LogP contribution is 2.42. The van der Waals surface area contributed by atoms with E-state index in [0.717, 1.165) is 16.7 Å². The molecular formula is C27H23N3O2S. The molecule has 6 heteroatoms. The second-order valence-electron chi connectivity index (χ2n) is 7.92. The Morgan fingerprint density at radius 3 is 2.39 bits per heavy atom. The van der Waals surface area contributed by atoms with Crippen LogP contribution in [-0.4, -0.2) is 17.1 Å². The molecule has 0 bridgehead atoms. The normalized spacial score (nSPS) is 16.9. The van der Waals surface area contributed by atoms with Gasteiger partial charge in [-0.25, -0.2) is 0 Å². The average Bonchev–Trinajstić information content (AvgIpc) is 3.12. The minimum absolute atomic E-state index is 0.0786. The summed E-state index contributed by atoms with van der Waals surface area (Å²) >= 11 is 1.27. The van der Waals surface area contributed by atoms with E-state index in [1.54, 1.807) is 18.2 Å². The maximum absolute atomic E-state index is 13.5. The quantitative estimate of drug-likeness (QED) is 0.416. The Hall–Kier alpha value is -3.82. The number of nitrogens with zero attached hydrogens (tertiary/aromatic N) is 2. The van der Waals surface area contributed by atoms with Crippen molar-refractivity contribution in [2.45, 2.75) is 25.5 Å². The minimum atomic E-state index is -0.532. The molecule has 1 aliphatic heterocycles. The van der Waals surface area contributed by atoms with Crippen molar-refractivity contribution in [2.75, 3.05) is 10.2 Å². The predicted octanol–water partition coefficient (Wildman–Crippen LogP) is 5.37. The van der Waals surface area contributed by atoms with Gasteiger partial charge in [0.25, 0.3) is 5.91 Å². The van der Waals surface area contributed by atoms with Crippen LogP contribution in [0.25, 0.3) is 0 Å². The van der Waals surface area contributed by atoms with Crippen molar-refractivity contribution >= 4 is 35.0 Å². The van der Waals surface area contributed by atoms with Gasteiger partial charge in [-0.05, 0) is 55.7 Å². The Morgan fingerprint density at radius 1 is 1.00 bits per heavy atom. The summed E-state index contributed by atoms with van der Waals surface area (Å²) in [7, 11) is 0. The number of aryl methyl sites for hydroxylation is 2. The number of hydrogen-bond acceptors (Lipinski definition) is 4. The molecule has 4 rings (SSSR count). The third-order valence-corrected chi connectivity index (χ3v) is 6.60. The Balaban J connectivity index is 1.71. The molecule has 33 heavy (non-hydrogen) atoms. The van der Waals surface area contributed by atoms with Crippen molar-refractivity contribution in [3.05, 3.63) is 106 Å². The first-order chi connectivity index (χ1) is 16.0. The molecular weight excluding hydrogens is 430 g/mol. The van der Waals surface area contributed by atoms with Crippen molar-refractivity contribution in [3.63, 3.8) is 0 Å². The Morgan fingerprint density at radius 2 is 1.73 bits per heavy atom. The highest BCUT2D eigenvalue weighted by molar-refractivity contribution is 8.05. The Bertz CT molecular complexity index is 1260. The zero-order valence-electron chi connectivity index (χ0n) is 18.4. The third-order valence-electron chi connectivity index (χ3n) is 5.34. The van der Waals surface area contributed by atoms with E-state index in [1.165, 1.54) is 16.7 Å². The van der Waals surface area contributed by atoms with Crippen LogP contribution in [0.3, 0.4) is 0 Å². The average molecular weight is 454 g/mol. The molecule has 1 atom stereocenters. The fraction of sp³-hybridized carbons (Fsp3) is 0.148. The van der Waals surface area contributed by atoms with Gasteiger partial charge in [0.05, 0.1) is 5.25 Å². The summed E-state index contributed by atoms with van der Waals surface area (Å²) in [5, 5.41) is 12.6. The van der Waals surface area contributed by atoms with E-state index < -0.39 is 11.2 Å². The van der Waals surface area contributed by atoms with E-state index in [1.807, 2.05) is 80.6 Å². The van der Waals surface area contributed by atoms with Gasteiger partial charge in [-0.2, -0.15) is 5.26 Å². The summed E-state index contributed by atoms with van der Waals surface area (Å²) in [6.45, 7) is 3.95. The lowest BCUT2D eigenvalue weighted by Gasteiger charge is -2.18. The molecule has 1 aliphatic rings. The van der Waals surface area contributed by atoms with Gasteiger partial charge in [0, 0.05) is 11.4 Å². The van der Waals surface area contributed by atoms with E-state index >= 15 is 0 Å². The Kier molecular flexibility index (Phi) is 6.62. The fourth-order valence-electron chi connectivity index (χ4n) is 3.65. The van der Waals surface area contributed by atoms with E-state index in [2.05, 4.69) is 5.32 Å². The van der Waals surface area contributed by atoms with Crippen molar-refractivity contribution in [1.82, 2.24) is 0 Å². The number of benzene rings is 3. The Labute approximate surface area is 197 Å². The number of amides is 2. The smallest absolute Gasteiger partial charge is 0.269 e. The molecule has 3 aromatic rings. The van der Waals surface area contributed by atoms with Crippen molar-refractivity contribution < 1.29 is 9.59 Å². The van der Waals surface area contributed by atoms with Crippen LogP contribution in [0.2, 0.25) is 0 Å². The number of hydrogen-bond donors (Lipinski definition) is 1. The maximum atomic E-state index is 13.5. The van der Waals surface area contributed by atoms with Gasteiger partial charge in [0.2, 0.25) is 5.91 Å². The second kappa shape index (κ2) is 9.76. The largest absolute Gasteiger partial charge is 0.321 e. The first kappa shape index (κ1) is 22.4. The van der Waals surface area contributed by atoms with Crippen molar-refractivity contribution in [3.8, 4) is 6.07 Å². The summed E-state index contributed by atoms with van der Waals surface area (Å²) < 4.78 is 0. The van der Waals surface area contributed by atoms with Gasteiger partial charge in [0.15, 0.2) is 0 Å². The van der Waals surface area contributed by atoms with Crippen molar-refractivity contribution in [1.29, 1.82) is 5.26 Å². The van der Waals surface area contributed by atoms with Crippen LogP contribution < -0.4 is 10.2 Å². The van der Waals surface area contributed by atoms with Gasteiger partial charge < -0.3 is 5.32 Å². The summed E-state index contributed by atoms with van der Waals surface area (Å²) in [6, 6.07) is 26.6. The second-order valence-corrected chi connectivity index (χ2v) is 9.11. The van der Waals surface area contributed by atoms with Gasteiger partial charge in [-0.15, -0.1) is 0 Å². The van der Waals surface area contributed by atoms with Crippen LogP contribution in [0.4, 0.5) is 11.4 Å². The standard InChI is InChI=1S/C27H23N3O2S/c1-18-11-13-20(14-12-18)16-24-26(32)30(22-9-4-3-5-10-22)27(33-24)23(17-28)25(31)29-21-8-6-7-19(2)15-21/h3-15,24H,16H2,1-2H3,(H,29,31)/b27-23-/t24-/m1/s1. The highest BCUT2D eigenvalue weighted by atomic mass is 32.2. The molecule has 3 aromatic carbocycles. The van der Waals surface area contributed by atoms with Crippen LogP contribution in [0.15, 0.2) is 89.5 Å². The number of carbonyl (C=O) groups is 2. The molecule has 0 aromatic heterocycles. The van der Waals surface area contributed by atoms with Gasteiger partial charge in [0.1, 0.15) is 16.7 Å². The zero-order valence-corrected chi connectivity index (χ0v) is 19.2. The number of thioether (sulfide) groups is 1. The van der Waals surface area contributed by atoms with Crippen molar-refractivity contribution in [2.24, 2.45) is 0 Å². The highest BCUT2D eigenvalue weighted by Gasteiger charge is 2.40. The number of rotatable bonds is 5. The first-order valence-electron chi connectivity index (χ1n) is 10.6. The van der Waals surface area contributed by atoms with E-state index in [4.69, 9.17) is 0 Å². The molecule has 0 saturated carbocycles. The lowest BCUT2D eigenvalue weighted by atomic mass is 10.1. The third kappa shape index (κ3) is 5.00. The number of anilines is 2.